The monoisotopic (exact) mass is 537 g/mol. The van der Waals surface area contributed by atoms with Crippen LogP contribution in [0.15, 0.2) is 42.6 Å². The average molecular weight is 538 g/mol. The number of benzene rings is 1. The SMILES string of the molecule is OCC(CO)Cn1cc(CNc2nc(NC3CCN(Cc4ccccc4)CC3)cc(N3CCOCC3)n2)nn1. The molecule has 2 aliphatic heterocycles. The highest BCUT2D eigenvalue weighted by molar-refractivity contribution is 5.54. The topological polar surface area (TPSA) is 137 Å². The van der Waals surface area contributed by atoms with Gasteiger partial charge in [-0.25, -0.2) is 0 Å². The number of aliphatic hydroxyl groups is 2. The molecule has 1 aromatic carbocycles. The summed E-state index contributed by atoms with van der Waals surface area (Å²) in [6.45, 7) is 6.63. The second-order valence-corrected chi connectivity index (χ2v) is 10.2. The minimum atomic E-state index is -0.264. The largest absolute Gasteiger partial charge is 0.396 e. The van der Waals surface area contributed by atoms with E-state index in [2.05, 4.69) is 61.1 Å². The van der Waals surface area contributed by atoms with Crippen molar-refractivity contribution in [2.24, 2.45) is 5.92 Å². The number of ether oxygens (including phenoxy) is 1. The van der Waals surface area contributed by atoms with Crippen LogP contribution in [0, 0.1) is 5.92 Å². The van der Waals surface area contributed by atoms with Crippen LogP contribution in [-0.4, -0.2) is 98.7 Å². The number of nitrogens with zero attached hydrogens (tertiary/aromatic N) is 7. The molecule has 2 fully saturated rings. The molecular weight excluding hydrogens is 498 g/mol. The van der Waals surface area contributed by atoms with Crippen molar-refractivity contribution in [1.82, 2.24) is 29.9 Å². The van der Waals surface area contributed by atoms with Gasteiger partial charge in [-0.1, -0.05) is 35.5 Å². The summed E-state index contributed by atoms with van der Waals surface area (Å²) in [6.07, 6.45) is 3.91. The zero-order chi connectivity index (χ0) is 26.9. The van der Waals surface area contributed by atoms with Crippen LogP contribution in [0.1, 0.15) is 24.1 Å². The molecule has 12 nitrogen and oxygen atoms in total. The lowest BCUT2D eigenvalue weighted by atomic mass is 10.0. The Hall–Kier alpha value is -3.32. The molecule has 210 valence electrons. The van der Waals surface area contributed by atoms with Crippen LogP contribution in [0.25, 0.3) is 0 Å². The molecule has 0 amide bonds. The summed E-state index contributed by atoms with van der Waals surface area (Å²) in [4.78, 5) is 14.3. The van der Waals surface area contributed by atoms with Crippen LogP contribution in [0.4, 0.5) is 17.6 Å². The first-order valence-electron chi connectivity index (χ1n) is 13.8. The van der Waals surface area contributed by atoms with Gasteiger partial charge in [0.15, 0.2) is 0 Å². The zero-order valence-corrected chi connectivity index (χ0v) is 22.3. The second kappa shape index (κ2) is 13.7. The second-order valence-electron chi connectivity index (χ2n) is 10.2. The van der Waals surface area contributed by atoms with E-state index in [0.717, 1.165) is 62.9 Å². The number of hydrogen-bond acceptors (Lipinski definition) is 11. The Morgan fingerprint density at radius 3 is 2.51 bits per heavy atom. The smallest absolute Gasteiger partial charge is 0.226 e. The first-order chi connectivity index (χ1) is 19.2. The van der Waals surface area contributed by atoms with Crippen LogP contribution in [0.2, 0.25) is 0 Å². The molecule has 0 unspecified atom stereocenters. The van der Waals surface area contributed by atoms with Crippen LogP contribution in [0.5, 0.6) is 0 Å². The molecule has 5 rings (SSSR count). The van der Waals surface area contributed by atoms with E-state index in [-0.39, 0.29) is 19.1 Å². The van der Waals surface area contributed by atoms with Gasteiger partial charge in [0.05, 0.1) is 26.0 Å². The number of aliphatic hydroxyl groups excluding tert-OH is 2. The van der Waals surface area contributed by atoms with Gasteiger partial charge in [0, 0.05) is 70.5 Å². The molecule has 12 heteroatoms. The minimum absolute atomic E-state index is 0.103. The fourth-order valence-corrected chi connectivity index (χ4v) is 4.94. The Kier molecular flexibility index (Phi) is 9.54. The Morgan fingerprint density at radius 1 is 1.00 bits per heavy atom. The van der Waals surface area contributed by atoms with Crippen molar-refractivity contribution in [3.05, 3.63) is 53.9 Å². The summed E-state index contributed by atoms with van der Waals surface area (Å²) < 4.78 is 7.17. The summed E-state index contributed by atoms with van der Waals surface area (Å²) >= 11 is 0. The lowest BCUT2D eigenvalue weighted by Gasteiger charge is -2.33. The maximum atomic E-state index is 9.33. The van der Waals surface area contributed by atoms with E-state index in [4.69, 9.17) is 14.7 Å². The molecule has 0 spiro atoms. The van der Waals surface area contributed by atoms with Gasteiger partial charge in [0.2, 0.25) is 5.95 Å². The highest BCUT2D eigenvalue weighted by atomic mass is 16.5. The zero-order valence-electron chi connectivity index (χ0n) is 22.3. The predicted octanol–water partition coefficient (Wildman–Crippen LogP) is 1.19. The predicted molar refractivity (Wildman–Crippen MR) is 148 cm³/mol. The lowest BCUT2D eigenvalue weighted by Crippen LogP contribution is -2.39. The molecule has 2 aromatic heterocycles. The van der Waals surface area contributed by atoms with Gasteiger partial charge in [-0.05, 0) is 18.4 Å². The maximum Gasteiger partial charge on any atom is 0.226 e. The minimum Gasteiger partial charge on any atom is -0.396 e. The molecule has 4 N–H and O–H groups in total. The molecule has 0 radical (unpaired) electrons. The van der Waals surface area contributed by atoms with Crippen LogP contribution in [-0.2, 0) is 24.4 Å². The lowest BCUT2D eigenvalue weighted by molar-refractivity contribution is 0.122. The summed E-state index contributed by atoms with van der Waals surface area (Å²) in [6, 6.07) is 13.0. The van der Waals surface area contributed by atoms with E-state index in [0.29, 0.717) is 38.3 Å². The van der Waals surface area contributed by atoms with E-state index < -0.39 is 0 Å². The van der Waals surface area contributed by atoms with Gasteiger partial charge in [0.25, 0.3) is 0 Å². The van der Waals surface area contributed by atoms with E-state index in [9.17, 15) is 10.2 Å². The molecule has 2 saturated heterocycles. The van der Waals surface area contributed by atoms with E-state index in [1.165, 1.54) is 5.56 Å². The number of rotatable bonds is 12. The van der Waals surface area contributed by atoms with Crippen molar-refractivity contribution >= 4 is 17.6 Å². The summed E-state index contributed by atoms with van der Waals surface area (Å²) in [5.41, 5.74) is 2.08. The number of morpholine rings is 1. The average Bonchev–Trinajstić information content (AvgIpc) is 3.44. The third-order valence-electron chi connectivity index (χ3n) is 7.21. The summed E-state index contributed by atoms with van der Waals surface area (Å²) in [7, 11) is 0. The number of aromatic nitrogens is 5. The van der Waals surface area contributed by atoms with Crippen molar-refractivity contribution in [3.8, 4) is 0 Å². The number of hydrogen-bond donors (Lipinski definition) is 4. The van der Waals surface area contributed by atoms with E-state index in [1.807, 2.05) is 6.07 Å². The van der Waals surface area contributed by atoms with Crippen molar-refractivity contribution < 1.29 is 14.9 Å². The van der Waals surface area contributed by atoms with Gasteiger partial charge < -0.3 is 30.5 Å². The molecule has 39 heavy (non-hydrogen) atoms. The van der Waals surface area contributed by atoms with Gasteiger partial charge in [0.1, 0.15) is 17.3 Å². The number of anilines is 3. The van der Waals surface area contributed by atoms with Gasteiger partial charge in [-0.2, -0.15) is 9.97 Å². The summed E-state index contributed by atoms with van der Waals surface area (Å²) in [5.74, 6) is 1.95. The molecule has 2 aliphatic rings. The summed E-state index contributed by atoms with van der Waals surface area (Å²) in [5, 5.41) is 33.9. The molecule has 0 atom stereocenters. The highest BCUT2D eigenvalue weighted by Gasteiger charge is 2.21. The van der Waals surface area contributed by atoms with Crippen molar-refractivity contribution in [2.75, 3.05) is 68.1 Å². The first kappa shape index (κ1) is 27.3. The Bertz CT molecular complexity index is 1140. The molecule has 4 heterocycles. The van der Waals surface area contributed by atoms with Crippen LogP contribution >= 0.6 is 0 Å². The maximum absolute atomic E-state index is 9.33. The van der Waals surface area contributed by atoms with Gasteiger partial charge in [-0.15, -0.1) is 5.10 Å². The van der Waals surface area contributed by atoms with Crippen molar-refractivity contribution in [1.29, 1.82) is 0 Å². The normalized spacial score (nSPS) is 17.1. The molecule has 0 aliphatic carbocycles. The van der Waals surface area contributed by atoms with Gasteiger partial charge in [-0.3, -0.25) is 9.58 Å². The third-order valence-corrected chi connectivity index (χ3v) is 7.21. The number of piperidine rings is 1. The Labute approximate surface area is 229 Å². The fourth-order valence-electron chi connectivity index (χ4n) is 4.94. The quantitative estimate of drug-likeness (QED) is 0.265. The standard InChI is InChI=1S/C27H39N9O3/c37-19-22(20-38)17-36-18-24(32-33-36)15-28-27-30-25(14-26(31-27)35-10-12-39-13-11-35)29-23-6-8-34(9-7-23)16-21-4-2-1-3-5-21/h1-5,14,18,22-23,37-38H,6-13,15-17,19-20H2,(H2,28,29,30,31). The third kappa shape index (κ3) is 7.85. The molecular formula is C27H39N9O3. The van der Waals surface area contributed by atoms with E-state index in [1.54, 1.807) is 10.9 Å². The Balaban J connectivity index is 1.21. The van der Waals surface area contributed by atoms with E-state index >= 15 is 0 Å². The van der Waals surface area contributed by atoms with Crippen molar-refractivity contribution in [2.45, 2.75) is 38.5 Å². The Morgan fingerprint density at radius 2 is 1.77 bits per heavy atom. The van der Waals surface area contributed by atoms with Crippen molar-refractivity contribution in [3.63, 3.8) is 0 Å². The van der Waals surface area contributed by atoms with Gasteiger partial charge >= 0.3 is 0 Å². The number of nitrogens with one attached hydrogen (secondary N) is 2. The van der Waals surface area contributed by atoms with Crippen LogP contribution in [0.3, 0.4) is 0 Å². The highest BCUT2D eigenvalue weighted by Crippen LogP contribution is 2.23. The first-order valence-corrected chi connectivity index (χ1v) is 13.8. The number of likely N-dealkylation sites (tertiary alicyclic amines) is 1. The molecule has 0 saturated carbocycles. The fraction of sp³-hybridized carbons (Fsp3) is 0.556. The van der Waals surface area contributed by atoms with Crippen LogP contribution < -0.4 is 15.5 Å². The molecule has 0 bridgehead atoms. The molecule has 3 aromatic rings.